The second-order valence-electron chi connectivity index (χ2n) is 8.08. The predicted octanol–water partition coefficient (Wildman–Crippen LogP) is -1.05. The van der Waals surface area contributed by atoms with Crippen LogP contribution in [0.5, 0.6) is 0 Å². The van der Waals surface area contributed by atoms with Crippen molar-refractivity contribution >= 4 is 23.6 Å². The standard InChI is InChI=1S/C18H28N4O5/c1-21-8-12-6-7-13(22(12)14(23)9-21)17(25)20-15(16(24)18(26)27)10-2-4-11(19)5-3-10/h10-13,15H,2-9,19H2,1H3,(H,20,25)(H,26,27). The molecule has 3 rings (SSSR count). The average molecular weight is 380 g/mol. The van der Waals surface area contributed by atoms with E-state index in [1.54, 1.807) is 4.90 Å². The molecule has 0 spiro atoms. The Kier molecular flexibility index (Phi) is 5.81. The molecular weight excluding hydrogens is 352 g/mol. The van der Waals surface area contributed by atoms with Gasteiger partial charge in [-0.3, -0.25) is 19.3 Å². The molecule has 3 unspecified atom stereocenters. The van der Waals surface area contributed by atoms with Crippen LogP contribution in [-0.2, 0) is 19.2 Å². The number of fused-ring (bicyclic) bond motifs is 1. The van der Waals surface area contributed by atoms with Crippen molar-refractivity contribution in [2.45, 2.75) is 62.7 Å². The SMILES string of the molecule is CN1CC(=O)N2C(CCC2C(=O)NC(C(=O)C(=O)O)C2CCC(N)CC2)C1. The summed E-state index contributed by atoms with van der Waals surface area (Å²) < 4.78 is 0. The number of hydrogen-bond donors (Lipinski definition) is 3. The lowest BCUT2D eigenvalue weighted by atomic mass is 9.80. The number of nitrogens with zero attached hydrogens (tertiary/aromatic N) is 2. The van der Waals surface area contributed by atoms with Crippen LogP contribution >= 0.6 is 0 Å². The second kappa shape index (κ2) is 7.93. The predicted molar refractivity (Wildman–Crippen MR) is 95.7 cm³/mol. The van der Waals surface area contributed by atoms with Gasteiger partial charge in [-0.15, -0.1) is 0 Å². The summed E-state index contributed by atoms with van der Waals surface area (Å²) >= 11 is 0. The number of aliphatic carboxylic acids is 1. The van der Waals surface area contributed by atoms with E-state index in [4.69, 9.17) is 5.73 Å². The number of hydrogen-bond acceptors (Lipinski definition) is 6. The number of carboxylic acids is 1. The van der Waals surface area contributed by atoms with Gasteiger partial charge < -0.3 is 21.1 Å². The molecule has 2 heterocycles. The molecule has 150 valence electrons. The summed E-state index contributed by atoms with van der Waals surface area (Å²) in [5, 5.41) is 11.8. The molecule has 2 saturated heterocycles. The maximum absolute atomic E-state index is 12.9. The first-order valence-electron chi connectivity index (χ1n) is 9.60. The van der Waals surface area contributed by atoms with Gasteiger partial charge in [-0.25, -0.2) is 4.79 Å². The Morgan fingerprint density at radius 3 is 2.44 bits per heavy atom. The van der Waals surface area contributed by atoms with E-state index < -0.39 is 29.7 Å². The molecular formula is C18H28N4O5. The zero-order chi connectivity index (χ0) is 19.7. The highest BCUT2D eigenvalue weighted by Gasteiger charge is 2.45. The molecule has 0 aromatic heterocycles. The maximum atomic E-state index is 12.9. The number of carboxylic acid groups (broad SMARTS) is 1. The molecule has 3 fully saturated rings. The molecule has 27 heavy (non-hydrogen) atoms. The van der Waals surface area contributed by atoms with Crippen LogP contribution in [0.15, 0.2) is 0 Å². The van der Waals surface area contributed by atoms with Crippen LogP contribution < -0.4 is 11.1 Å². The van der Waals surface area contributed by atoms with E-state index in [1.165, 1.54) is 0 Å². The first kappa shape index (κ1) is 19.8. The first-order chi connectivity index (χ1) is 12.8. The van der Waals surface area contributed by atoms with Crippen LogP contribution in [0.4, 0.5) is 0 Å². The molecule has 1 saturated carbocycles. The van der Waals surface area contributed by atoms with Crippen molar-refractivity contribution in [2.75, 3.05) is 20.1 Å². The average Bonchev–Trinajstić information content (AvgIpc) is 3.04. The highest BCUT2D eigenvalue weighted by atomic mass is 16.4. The molecule has 9 heteroatoms. The third-order valence-corrected chi connectivity index (χ3v) is 6.10. The summed E-state index contributed by atoms with van der Waals surface area (Å²) in [6.07, 6.45) is 3.86. The monoisotopic (exact) mass is 380 g/mol. The molecule has 0 aromatic rings. The fourth-order valence-electron chi connectivity index (χ4n) is 4.69. The van der Waals surface area contributed by atoms with Gasteiger partial charge in [0.1, 0.15) is 12.1 Å². The van der Waals surface area contributed by atoms with Crippen LogP contribution in [0.1, 0.15) is 38.5 Å². The van der Waals surface area contributed by atoms with Crippen LogP contribution in [0.25, 0.3) is 0 Å². The number of carbonyl (C=O) groups excluding carboxylic acids is 3. The van der Waals surface area contributed by atoms with Gasteiger partial charge in [-0.1, -0.05) is 0 Å². The van der Waals surface area contributed by atoms with E-state index in [-0.39, 0.29) is 30.5 Å². The van der Waals surface area contributed by atoms with Crippen LogP contribution in [0.2, 0.25) is 0 Å². The zero-order valence-electron chi connectivity index (χ0n) is 15.6. The van der Waals surface area contributed by atoms with E-state index in [9.17, 15) is 24.3 Å². The van der Waals surface area contributed by atoms with Gasteiger partial charge in [0, 0.05) is 18.6 Å². The molecule has 2 aliphatic heterocycles. The Bertz CT molecular complexity index is 631. The molecule has 2 amide bonds. The van der Waals surface area contributed by atoms with Crippen LogP contribution in [-0.4, -0.2) is 82.8 Å². The Morgan fingerprint density at radius 2 is 1.81 bits per heavy atom. The molecule has 0 aromatic carbocycles. The lowest BCUT2D eigenvalue weighted by molar-refractivity contribution is -0.152. The van der Waals surface area contributed by atoms with Crippen molar-refractivity contribution in [2.24, 2.45) is 11.7 Å². The number of nitrogens with two attached hydrogens (primary N) is 1. The van der Waals surface area contributed by atoms with E-state index in [2.05, 4.69) is 5.32 Å². The summed E-state index contributed by atoms with van der Waals surface area (Å²) in [5.74, 6) is -3.31. The summed E-state index contributed by atoms with van der Waals surface area (Å²) in [4.78, 5) is 52.3. The first-order valence-corrected chi connectivity index (χ1v) is 9.60. The summed E-state index contributed by atoms with van der Waals surface area (Å²) in [5.41, 5.74) is 5.90. The lowest BCUT2D eigenvalue weighted by Gasteiger charge is -2.38. The topological polar surface area (TPSA) is 133 Å². The largest absolute Gasteiger partial charge is 0.475 e. The Morgan fingerprint density at radius 1 is 1.15 bits per heavy atom. The van der Waals surface area contributed by atoms with Gasteiger partial charge in [0.2, 0.25) is 11.8 Å². The number of rotatable bonds is 5. The van der Waals surface area contributed by atoms with E-state index >= 15 is 0 Å². The van der Waals surface area contributed by atoms with Gasteiger partial charge in [-0.05, 0) is 51.5 Å². The lowest BCUT2D eigenvalue weighted by Crippen LogP contribution is -2.60. The molecule has 1 aliphatic carbocycles. The van der Waals surface area contributed by atoms with Crippen LogP contribution in [0.3, 0.4) is 0 Å². The van der Waals surface area contributed by atoms with Crippen molar-refractivity contribution in [3.05, 3.63) is 0 Å². The number of Topliss-reactive ketones (excluding diaryl/α,β-unsaturated/α-hetero) is 1. The van der Waals surface area contributed by atoms with Gasteiger partial charge in [0.15, 0.2) is 0 Å². The third-order valence-electron chi connectivity index (χ3n) is 6.10. The number of nitrogens with one attached hydrogen (secondary N) is 1. The minimum Gasteiger partial charge on any atom is -0.475 e. The third kappa shape index (κ3) is 4.14. The number of ketones is 1. The summed E-state index contributed by atoms with van der Waals surface area (Å²) in [6, 6.07) is -1.65. The van der Waals surface area contributed by atoms with Gasteiger partial charge in [0.25, 0.3) is 5.78 Å². The van der Waals surface area contributed by atoms with Crippen molar-refractivity contribution in [1.82, 2.24) is 15.1 Å². The number of carbonyl (C=O) groups is 4. The molecule has 3 atom stereocenters. The highest BCUT2D eigenvalue weighted by molar-refractivity contribution is 6.35. The quantitative estimate of drug-likeness (QED) is 0.518. The van der Waals surface area contributed by atoms with Gasteiger partial charge in [0.05, 0.1) is 6.54 Å². The number of piperazine rings is 1. The Labute approximate surface area is 158 Å². The molecule has 0 bridgehead atoms. The molecule has 0 radical (unpaired) electrons. The van der Waals surface area contributed by atoms with E-state index in [1.807, 2.05) is 11.9 Å². The van der Waals surface area contributed by atoms with Crippen molar-refractivity contribution < 1.29 is 24.3 Å². The zero-order valence-corrected chi connectivity index (χ0v) is 15.6. The fraction of sp³-hybridized carbons (Fsp3) is 0.778. The second-order valence-corrected chi connectivity index (χ2v) is 8.08. The maximum Gasteiger partial charge on any atom is 0.374 e. The minimum atomic E-state index is -1.55. The van der Waals surface area contributed by atoms with Crippen molar-refractivity contribution in [3.8, 4) is 0 Å². The Balaban J connectivity index is 1.71. The van der Waals surface area contributed by atoms with Gasteiger partial charge >= 0.3 is 5.97 Å². The van der Waals surface area contributed by atoms with Crippen molar-refractivity contribution in [1.29, 1.82) is 0 Å². The normalized spacial score (nSPS) is 32.7. The number of amides is 2. The smallest absolute Gasteiger partial charge is 0.374 e. The van der Waals surface area contributed by atoms with Crippen molar-refractivity contribution in [3.63, 3.8) is 0 Å². The molecule has 9 nitrogen and oxygen atoms in total. The fourth-order valence-corrected chi connectivity index (χ4v) is 4.69. The Hall–Kier alpha value is -2.00. The molecule has 4 N–H and O–H groups in total. The van der Waals surface area contributed by atoms with Gasteiger partial charge in [-0.2, -0.15) is 0 Å². The molecule has 3 aliphatic rings. The van der Waals surface area contributed by atoms with E-state index in [0.717, 1.165) is 6.42 Å². The minimum absolute atomic E-state index is 0.00620. The summed E-state index contributed by atoms with van der Waals surface area (Å²) in [7, 11) is 1.87. The van der Waals surface area contributed by atoms with E-state index in [0.29, 0.717) is 38.6 Å². The van der Waals surface area contributed by atoms with Crippen LogP contribution in [0, 0.1) is 5.92 Å². The number of likely N-dealkylation sites (N-methyl/N-ethyl adjacent to an activating group) is 1. The highest BCUT2D eigenvalue weighted by Crippen LogP contribution is 2.30. The summed E-state index contributed by atoms with van der Waals surface area (Å²) in [6.45, 7) is 0.978.